The molecule has 0 aliphatic rings. The summed E-state index contributed by atoms with van der Waals surface area (Å²) in [6.45, 7) is 7.89. The summed E-state index contributed by atoms with van der Waals surface area (Å²) in [6.07, 6.45) is 3.27. The quantitative estimate of drug-likeness (QED) is 0.835. The van der Waals surface area contributed by atoms with Crippen LogP contribution in [0.25, 0.3) is 0 Å². The topological polar surface area (TPSA) is 87.5 Å². The van der Waals surface area contributed by atoms with Gasteiger partial charge in [0, 0.05) is 18.8 Å². The number of carbonyl (C=O) groups is 2. The van der Waals surface area contributed by atoms with Gasteiger partial charge in [-0.1, -0.05) is 13.8 Å². The van der Waals surface area contributed by atoms with Crippen LogP contribution in [-0.2, 0) is 4.79 Å². The lowest BCUT2D eigenvalue weighted by atomic mass is 10.2. The second kappa shape index (κ2) is 6.93. The average molecular weight is 282 g/mol. The summed E-state index contributed by atoms with van der Waals surface area (Å²) >= 11 is 0. The van der Waals surface area contributed by atoms with E-state index in [1.54, 1.807) is 17.1 Å². The van der Waals surface area contributed by atoms with Gasteiger partial charge in [0.2, 0.25) is 0 Å². The fraction of sp³-hybridized carbons (Fsp3) is 0.615. The zero-order valence-electron chi connectivity index (χ0n) is 12.3. The number of urea groups is 1. The number of carboxylic acids is 1. The van der Waals surface area contributed by atoms with Crippen molar-refractivity contribution in [2.45, 2.75) is 33.7 Å². The van der Waals surface area contributed by atoms with Crippen molar-refractivity contribution in [3.63, 3.8) is 0 Å². The van der Waals surface area contributed by atoms with Gasteiger partial charge >= 0.3 is 12.0 Å². The Kier molecular flexibility index (Phi) is 5.54. The largest absolute Gasteiger partial charge is 0.480 e. The normalized spacial score (nSPS) is 10.9. The predicted molar refractivity (Wildman–Crippen MR) is 75.7 cm³/mol. The predicted octanol–water partition coefficient (Wildman–Crippen LogP) is 2.04. The second-order valence-electron chi connectivity index (χ2n) is 5.40. The SMILES string of the molecule is CC(C)CN(CC(=O)O)C(=O)Nc1cnn(C(C)C)c1. The fourth-order valence-electron chi connectivity index (χ4n) is 1.71. The van der Waals surface area contributed by atoms with E-state index in [2.05, 4.69) is 10.4 Å². The molecule has 0 fully saturated rings. The number of nitrogens with one attached hydrogen (secondary N) is 1. The summed E-state index contributed by atoms with van der Waals surface area (Å²) in [7, 11) is 0. The first kappa shape index (κ1) is 16.0. The maximum absolute atomic E-state index is 12.1. The first-order valence-electron chi connectivity index (χ1n) is 6.61. The van der Waals surface area contributed by atoms with Crippen molar-refractivity contribution in [3.8, 4) is 0 Å². The lowest BCUT2D eigenvalue weighted by molar-refractivity contribution is -0.137. The van der Waals surface area contributed by atoms with E-state index in [4.69, 9.17) is 5.11 Å². The Labute approximate surface area is 118 Å². The standard InChI is InChI=1S/C13H22N4O3/c1-9(2)6-16(8-12(18)19)13(20)15-11-5-14-17(7-11)10(3)4/h5,7,9-10H,6,8H2,1-4H3,(H,15,20)(H,18,19). The summed E-state index contributed by atoms with van der Waals surface area (Å²) in [6, 6.07) is -0.226. The van der Waals surface area contributed by atoms with Crippen LogP contribution >= 0.6 is 0 Å². The highest BCUT2D eigenvalue weighted by atomic mass is 16.4. The molecule has 0 saturated carbocycles. The smallest absolute Gasteiger partial charge is 0.323 e. The van der Waals surface area contributed by atoms with Gasteiger partial charge in [-0.25, -0.2) is 4.79 Å². The number of rotatable bonds is 6. The number of aliphatic carboxylic acids is 1. The van der Waals surface area contributed by atoms with Gasteiger partial charge in [-0.3, -0.25) is 9.48 Å². The maximum Gasteiger partial charge on any atom is 0.323 e. The molecule has 7 nitrogen and oxygen atoms in total. The molecule has 0 saturated heterocycles. The number of anilines is 1. The molecule has 1 aromatic heterocycles. The molecule has 0 bridgehead atoms. The summed E-state index contributed by atoms with van der Waals surface area (Å²) in [5, 5.41) is 15.6. The monoisotopic (exact) mass is 282 g/mol. The van der Waals surface area contributed by atoms with Crippen molar-refractivity contribution in [1.29, 1.82) is 0 Å². The maximum atomic E-state index is 12.1. The van der Waals surface area contributed by atoms with Gasteiger partial charge in [0.05, 0.1) is 11.9 Å². The number of aromatic nitrogens is 2. The van der Waals surface area contributed by atoms with E-state index < -0.39 is 12.0 Å². The number of carboxylic acid groups (broad SMARTS) is 1. The van der Waals surface area contributed by atoms with E-state index in [0.29, 0.717) is 12.2 Å². The number of hydrogen-bond acceptors (Lipinski definition) is 3. The zero-order valence-corrected chi connectivity index (χ0v) is 12.3. The van der Waals surface area contributed by atoms with Crippen molar-refractivity contribution >= 4 is 17.7 Å². The van der Waals surface area contributed by atoms with Crippen molar-refractivity contribution in [1.82, 2.24) is 14.7 Å². The number of carbonyl (C=O) groups excluding carboxylic acids is 1. The highest BCUT2D eigenvalue weighted by Gasteiger charge is 2.18. The van der Waals surface area contributed by atoms with Crippen molar-refractivity contribution < 1.29 is 14.7 Å². The molecule has 2 N–H and O–H groups in total. The van der Waals surface area contributed by atoms with Gasteiger partial charge in [-0.05, 0) is 19.8 Å². The van der Waals surface area contributed by atoms with Crippen LogP contribution < -0.4 is 5.32 Å². The molecule has 7 heteroatoms. The summed E-state index contributed by atoms with van der Waals surface area (Å²) in [5.41, 5.74) is 0.558. The molecule has 112 valence electrons. The molecule has 1 heterocycles. The van der Waals surface area contributed by atoms with Crippen LogP contribution in [0.3, 0.4) is 0 Å². The van der Waals surface area contributed by atoms with Gasteiger partial charge in [0.25, 0.3) is 0 Å². The lowest BCUT2D eigenvalue weighted by Crippen LogP contribution is -2.40. The summed E-state index contributed by atoms with van der Waals surface area (Å²) in [4.78, 5) is 24.2. The Balaban J connectivity index is 2.71. The Hall–Kier alpha value is -2.05. The van der Waals surface area contributed by atoms with E-state index in [-0.39, 0.29) is 18.5 Å². The molecular weight excluding hydrogens is 260 g/mol. The Morgan fingerprint density at radius 2 is 2.05 bits per heavy atom. The van der Waals surface area contributed by atoms with Crippen molar-refractivity contribution in [3.05, 3.63) is 12.4 Å². The van der Waals surface area contributed by atoms with E-state index in [9.17, 15) is 9.59 Å². The Morgan fingerprint density at radius 1 is 1.40 bits per heavy atom. The van der Waals surface area contributed by atoms with Gasteiger partial charge in [0.1, 0.15) is 6.54 Å². The van der Waals surface area contributed by atoms with E-state index in [1.807, 2.05) is 27.7 Å². The van der Waals surface area contributed by atoms with Crippen molar-refractivity contribution in [2.75, 3.05) is 18.4 Å². The minimum absolute atomic E-state index is 0.193. The molecular formula is C13H22N4O3. The zero-order chi connectivity index (χ0) is 15.3. The summed E-state index contributed by atoms with van der Waals surface area (Å²) < 4.78 is 1.72. The van der Waals surface area contributed by atoms with E-state index in [1.165, 1.54) is 4.90 Å². The number of amides is 2. The van der Waals surface area contributed by atoms with Crippen LogP contribution in [0.5, 0.6) is 0 Å². The number of hydrogen-bond donors (Lipinski definition) is 2. The van der Waals surface area contributed by atoms with E-state index >= 15 is 0 Å². The van der Waals surface area contributed by atoms with Crippen LogP contribution in [-0.4, -0.2) is 44.9 Å². The molecule has 0 atom stereocenters. The fourth-order valence-corrected chi connectivity index (χ4v) is 1.71. The molecule has 0 spiro atoms. The highest BCUT2D eigenvalue weighted by Crippen LogP contribution is 2.11. The third-order valence-corrected chi connectivity index (χ3v) is 2.58. The molecule has 0 aromatic carbocycles. The Morgan fingerprint density at radius 3 is 2.50 bits per heavy atom. The van der Waals surface area contributed by atoms with Crippen LogP contribution in [0.4, 0.5) is 10.5 Å². The first-order valence-corrected chi connectivity index (χ1v) is 6.61. The van der Waals surface area contributed by atoms with Crippen molar-refractivity contribution in [2.24, 2.45) is 5.92 Å². The van der Waals surface area contributed by atoms with Crippen LogP contribution in [0, 0.1) is 5.92 Å². The third kappa shape index (κ3) is 4.91. The molecule has 0 aliphatic heterocycles. The van der Waals surface area contributed by atoms with Gasteiger partial charge in [0.15, 0.2) is 0 Å². The molecule has 1 rings (SSSR count). The van der Waals surface area contributed by atoms with E-state index in [0.717, 1.165) is 0 Å². The first-order chi connectivity index (χ1) is 9.29. The number of nitrogens with zero attached hydrogens (tertiary/aromatic N) is 3. The minimum atomic E-state index is -1.03. The highest BCUT2D eigenvalue weighted by molar-refractivity contribution is 5.91. The molecule has 20 heavy (non-hydrogen) atoms. The lowest BCUT2D eigenvalue weighted by Gasteiger charge is -2.22. The van der Waals surface area contributed by atoms with Crippen LogP contribution in [0.15, 0.2) is 12.4 Å². The molecule has 0 aliphatic carbocycles. The summed E-state index contributed by atoms with van der Waals surface area (Å²) in [5.74, 6) is -0.836. The molecule has 1 aromatic rings. The van der Waals surface area contributed by atoms with Gasteiger partial charge in [-0.15, -0.1) is 0 Å². The minimum Gasteiger partial charge on any atom is -0.480 e. The van der Waals surface area contributed by atoms with Gasteiger partial charge < -0.3 is 15.3 Å². The van der Waals surface area contributed by atoms with Crippen LogP contribution in [0.2, 0.25) is 0 Å². The van der Waals surface area contributed by atoms with Gasteiger partial charge in [-0.2, -0.15) is 5.10 Å². The third-order valence-electron chi connectivity index (χ3n) is 2.58. The molecule has 0 radical (unpaired) electrons. The average Bonchev–Trinajstić information content (AvgIpc) is 2.75. The molecule has 0 unspecified atom stereocenters. The molecule has 2 amide bonds. The Bertz CT molecular complexity index is 468. The second-order valence-corrected chi connectivity index (χ2v) is 5.40. The van der Waals surface area contributed by atoms with Crippen LogP contribution in [0.1, 0.15) is 33.7 Å².